The van der Waals surface area contributed by atoms with E-state index in [4.69, 9.17) is 0 Å². The van der Waals surface area contributed by atoms with Crippen LogP contribution >= 0.6 is 15.9 Å². The van der Waals surface area contributed by atoms with E-state index in [0.717, 1.165) is 37.8 Å². The summed E-state index contributed by atoms with van der Waals surface area (Å²) in [6.45, 7) is 3.30. The molecule has 7 heteroatoms. The number of hydrogen-bond donors (Lipinski definition) is 1. The van der Waals surface area contributed by atoms with Gasteiger partial charge in [-0.15, -0.1) is 5.10 Å². The molecule has 0 aliphatic rings. The number of amides is 1. The van der Waals surface area contributed by atoms with Gasteiger partial charge in [0.1, 0.15) is 5.78 Å². The first-order valence-corrected chi connectivity index (χ1v) is 12.1. The lowest BCUT2D eigenvalue weighted by atomic mass is 10.1. The number of halogens is 1. The Morgan fingerprint density at radius 1 is 1.03 bits per heavy atom. The highest BCUT2D eigenvalue weighted by Gasteiger charge is 2.06. The summed E-state index contributed by atoms with van der Waals surface area (Å²) >= 11 is 3.18. The topological polar surface area (TPSA) is 76.9 Å². The van der Waals surface area contributed by atoms with Crippen molar-refractivity contribution in [2.45, 2.75) is 71.3 Å². The van der Waals surface area contributed by atoms with Crippen LogP contribution < -0.4 is 5.32 Å². The number of aryl methyl sites for hydroxylation is 2. The van der Waals surface area contributed by atoms with Gasteiger partial charge in [-0.1, -0.05) is 59.5 Å². The second kappa shape index (κ2) is 14.1. The molecule has 2 rings (SSSR count). The first kappa shape index (κ1) is 24.3. The fourth-order valence-corrected chi connectivity index (χ4v) is 3.50. The number of ketones is 1. The summed E-state index contributed by atoms with van der Waals surface area (Å²) in [6, 6.07) is 7.89. The van der Waals surface area contributed by atoms with Gasteiger partial charge in [-0.3, -0.25) is 14.3 Å². The monoisotopic (exact) mass is 476 g/mol. The number of hydrogen-bond acceptors (Lipinski definition) is 4. The molecule has 164 valence electrons. The van der Waals surface area contributed by atoms with Crippen molar-refractivity contribution in [3.05, 3.63) is 47.3 Å². The molecule has 0 aliphatic carbocycles. The number of carbonyl (C=O) groups excluding carboxylic acids is 2. The van der Waals surface area contributed by atoms with Crippen LogP contribution in [0.2, 0.25) is 0 Å². The minimum atomic E-state index is -0.0616. The van der Waals surface area contributed by atoms with E-state index in [2.05, 4.69) is 38.5 Å². The number of rotatable bonds is 15. The molecule has 0 radical (unpaired) electrons. The molecule has 1 aromatic carbocycles. The Labute approximate surface area is 187 Å². The fourth-order valence-electron chi connectivity index (χ4n) is 3.22. The van der Waals surface area contributed by atoms with Crippen molar-refractivity contribution in [3.63, 3.8) is 0 Å². The van der Waals surface area contributed by atoms with Crippen molar-refractivity contribution in [2.24, 2.45) is 0 Å². The Kier molecular flexibility index (Phi) is 11.4. The second-order valence-electron chi connectivity index (χ2n) is 7.62. The van der Waals surface area contributed by atoms with E-state index in [-0.39, 0.29) is 11.7 Å². The van der Waals surface area contributed by atoms with Crippen molar-refractivity contribution in [2.75, 3.05) is 11.9 Å². The Morgan fingerprint density at radius 3 is 2.53 bits per heavy atom. The molecule has 0 bridgehead atoms. The van der Waals surface area contributed by atoms with Gasteiger partial charge < -0.3 is 5.32 Å². The summed E-state index contributed by atoms with van der Waals surface area (Å²) in [5.74, 6) is 0.194. The molecule has 0 atom stereocenters. The maximum Gasteiger partial charge on any atom is 0.251 e. The van der Waals surface area contributed by atoms with Gasteiger partial charge in [-0.05, 0) is 49.8 Å². The summed E-state index contributed by atoms with van der Waals surface area (Å²) in [5.41, 5.74) is 2.92. The van der Waals surface area contributed by atoms with E-state index < -0.39 is 0 Å². The molecule has 1 amide bonds. The lowest BCUT2D eigenvalue weighted by molar-refractivity contribution is -0.116. The minimum absolute atomic E-state index is 0.0616. The fraction of sp³-hybridized carbons (Fsp3) is 0.565. The van der Waals surface area contributed by atoms with Crippen LogP contribution in [0.1, 0.15) is 73.5 Å². The van der Waals surface area contributed by atoms with E-state index in [1.165, 1.54) is 24.8 Å². The Hall–Kier alpha value is -2.02. The molecule has 1 N–H and O–H groups in total. The van der Waals surface area contributed by atoms with Crippen LogP contribution in [-0.4, -0.2) is 38.6 Å². The third kappa shape index (κ3) is 9.20. The summed E-state index contributed by atoms with van der Waals surface area (Å²) in [7, 11) is 0. The molecule has 0 saturated carbocycles. The Morgan fingerprint density at radius 2 is 1.80 bits per heavy atom. The van der Waals surface area contributed by atoms with E-state index in [1.54, 1.807) is 4.68 Å². The zero-order valence-corrected chi connectivity index (χ0v) is 19.5. The molecule has 1 aromatic heterocycles. The van der Waals surface area contributed by atoms with Crippen molar-refractivity contribution in [3.8, 4) is 0 Å². The molecule has 2 aromatic rings. The predicted molar refractivity (Wildman–Crippen MR) is 123 cm³/mol. The molecule has 30 heavy (non-hydrogen) atoms. The average Bonchev–Trinajstić information content (AvgIpc) is 3.21. The summed E-state index contributed by atoms with van der Waals surface area (Å²) in [5, 5.41) is 11.7. The first-order valence-electron chi connectivity index (χ1n) is 11.0. The van der Waals surface area contributed by atoms with E-state index in [9.17, 15) is 9.59 Å². The van der Waals surface area contributed by atoms with Crippen molar-refractivity contribution >= 4 is 27.6 Å². The maximum atomic E-state index is 12.3. The van der Waals surface area contributed by atoms with Crippen LogP contribution in [0.5, 0.6) is 0 Å². The number of aromatic nitrogens is 3. The van der Waals surface area contributed by atoms with Gasteiger partial charge >= 0.3 is 0 Å². The van der Waals surface area contributed by atoms with Gasteiger partial charge in [-0.25, -0.2) is 0 Å². The minimum Gasteiger partial charge on any atom is -0.350 e. The highest BCUT2D eigenvalue weighted by Crippen LogP contribution is 2.09. The van der Waals surface area contributed by atoms with Crippen molar-refractivity contribution in [1.29, 1.82) is 0 Å². The van der Waals surface area contributed by atoms with Crippen LogP contribution in [-0.2, 0) is 24.2 Å². The zero-order chi connectivity index (χ0) is 21.6. The summed E-state index contributed by atoms with van der Waals surface area (Å²) < 4.78 is 1.76. The highest BCUT2D eigenvalue weighted by atomic mass is 79.9. The standard InChI is InChI=1S/C23H33BrN4O2/c1-2-3-5-8-19-11-13-20(14-12-19)23(30)25-15-16-28-18-21(26-27-28)9-6-4-7-10-22(29)17-24/h11-14,18H,2-10,15-17H2,1H3,(H,25,30). The smallest absolute Gasteiger partial charge is 0.251 e. The van der Waals surface area contributed by atoms with Gasteiger partial charge in [0.05, 0.1) is 17.6 Å². The second-order valence-corrected chi connectivity index (χ2v) is 8.18. The molecule has 1 heterocycles. The molecule has 0 spiro atoms. The number of benzene rings is 1. The van der Waals surface area contributed by atoms with Crippen molar-refractivity contribution < 1.29 is 9.59 Å². The lowest BCUT2D eigenvalue weighted by Crippen LogP contribution is -2.27. The number of nitrogens with one attached hydrogen (secondary N) is 1. The molecule has 0 saturated heterocycles. The average molecular weight is 477 g/mol. The van der Waals surface area contributed by atoms with Crippen LogP contribution in [0.25, 0.3) is 0 Å². The molecule has 0 unspecified atom stereocenters. The van der Waals surface area contributed by atoms with Gasteiger partial charge in [0, 0.05) is 24.7 Å². The molecular formula is C23H33BrN4O2. The largest absolute Gasteiger partial charge is 0.350 e. The molecule has 0 fully saturated rings. The van der Waals surface area contributed by atoms with Gasteiger partial charge in [0.25, 0.3) is 5.91 Å². The number of nitrogens with zero attached hydrogens (tertiary/aromatic N) is 3. The van der Waals surface area contributed by atoms with Gasteiger partial charge in [0.2, 0.25) is 0 Å². The summed E-state index contributed by atoms with van der Waals surface area (Å²) in [4.78, 5) is 23.5. The number of alkyl halides is 1. The van der Waals surface area contributed by atoms with E-state index >= 15 is 0 Å². The number of unbranched alkanes of at least 4 members (excludes halogenated alkanes) is 4. The molecule has 6 nitrogen and oxygen atoms in total. The third-order valence-electron chi connectivity index (χ3n) is 5.04. The van der Waals surface area contributed by atoms with E-state index in [0.29, 0.717) is 30.4 Å². The lowest BCUT2D eigenvalue weighted by Gasteiger charge is -2.06. The summed E-state index contributed by atoms with van der Waals surface area (Å²) in [6.07, 6.45) is 11.1. The normalized spacial score (nSPS) is 10.9. The molecule has 0 aliphatic heterocycles. The SMILES string of the molecule is CCCCCc1ccc(C(=O)NCCn2cc(CCCCCC(=O)CBr)nn2)cc1. The third-order valence-corrected chi connectivity index (χ3v) is 5.66. The van der Waals surface area contributed by atoms with E-state index in [1.807, 2.05) is 30.5 Å². The predicted octanol–water partition coefficient (Wildman–Crippen LogP) is 4.51. The van der Waals surface area contributed by atoms with Gasteiger partial charge in [-0.2, -0.15) is 0 Å². The number of carbonyl (C=O) groups is 2. The quantitative estimate of drug-likeness (QED) is 0.303. The van der Waals surface area contributed by atoms with Gasteiger partial charge in [0.15, 0.2) is 0 Å². The Bertz CT molecular complexity index is 774. The van der Waals surface area contributed by atoms with Crippen LogP contribution in [0.3, 0.4) is 0 Å². The van der Waals surface area contributed by atoms with Crippen LogP contribution in [0.4, 0.5) is 0 Å². The van der Waals surface area contributed by atoms with Crippen LogP contribution in [0.15, 0.2) is 30.5 Å². The maximum absolute atomic E-state index is 12.3. The molecular weight excluding hydrogens is 444 g/mol. The first-order chi connectivity index (χ1) is 14.6. The van der Waals surface area contributed by atoms with Crippen LogP contribution in [0, 0.1) is 0 Å². The van der Waals surface area contributed by atoms with Crippen molar-refractivity contribution in [1.82, 2.24) is 20.3 Å². The zero-order valence-electron chi connectivity index (χ0n) is 17.9. The highest BCUT2D eigenvalue weighted by molar-refractivity contribution is 9.09. The Balaban J connectivity index is 1.64. The number of Topliss-reactive ketones (excluding diaryl/α,β-unsaturated/α-hetero) is 1.